The Labute approximate surface area is 159 Å². The van der Waals surface area contributed by atoms with E-state index in [2.05, 4.69) is 15.0 Å². The molecule has 0 spiro atoms. The van der Waals surface area contributed by atoms with Crippen molar-refractivity contribution in [3.8, 4) is 0 Å². The van der Waals surface area contributed by atoms with Crippen molar-refractivity contribution in [2.75, 3.05) is 31.6 Å². The number of hydrogen-bond acceptors (Lipinski definition) is 4. The van der Waals surface area contributed by atoms with E-state index in [1.807, 2.05) is 23.2 Å². The minimum absolute atomic E-state index is 0.349. The average Bonchev–Trinajstić information content (AvgIpc) is 3.14. The molecule has 0 saturated carbocycles. The molecule has 28 heavy (non-hydrogen) atoms. The van der Waals surface area contributed by atoms with Gasteiger partial charge in [-0.1, -0.05) is 0 Å². The predicted molar refractivity (Wildman–Crippen MR) is 100 cm³/mol. The number of nitrogens with zero attached hydrogens (tertiary/aromatic N) is 4. The Hall–Kier alpha value is -2.84. The molecule has 3 aromatic heterocycles. The number of amides is 1. The molecule has 1 saturated heterocycles. The molecule has 6 nitrogen and oxygen atoms in total. The van der Waals surface area contributed by atoms with E-state index in [4.69, 9.17) is 0 Å². The van der Waals surface area contributed by atoms with Crippen LogP contribution in [0.1, 0.15) is 12.8 Å². The monoisotopic (exact) mass is 391 g/mol. The molecule has 1 aliphatic heterocycles. The van der Waals surface area contributed by atoms with Gasteiger partial charge in [0, 0.05) is 54.9 Å². The predicted octanol–water partition coefficient (Wildman–Crippen LogP) is 3.35. The number of carbonyl (C=O) groups is 1. The summed E-state index contributed by atoms with van der Waals surface area (Å²) in [6.45, 7) is -0.182. The Morgan fingerprint density at radius 1 is 1.36 bits per heavy atom. The van der Waals surface area contributed by atoms with Gasteiger partial charge in [0.1, 0.15) is 18.0 Å². The molecule has 1 unspecified atom stereocenters. The van der Waals surface area contributed by atoms with Gasteiger partial charge in [0.25, 0.3) is 0 Å². The summed E-state index contributed by atoms with van der Waals surface area (Å²) in [6.07, 6.45) is 2.16. The molecule has 0 radical (unpaired) electrons. The van der Waals surface area contributed by atoms with Gasteiger partial charge in [0.15, 0.2) is 0 Å². The molecule has 1 aliphatic rings. The number of aromatic nitrogens is 3. The molecule has 3 aromatic rings. The molecule has 1 fully saturated rings. The van der Waals surface area contributed by atoms with Crippen LogP contribution in [-0.2, 0) is 4.79 Å². The molecule has 9 heteroatoms. The second-order valence-electron chi connectivity index (χ2n) is 7.19. The van der Waals surface area contributed by atoms with Crippen LogP contribution in [0.3, 0.4) is 0 Å². The lowest BCUT2D eigenvalue weighted by Gasteiger charge is -2.35. The van der Waals surface area contributed by atoms with E-state index < -0.39 is 24.5 Å². The highest BCUT2D eigenvalue weighted by atomic mass is 19.4. The third-order valence-corrected chi connectivity index (χ3v) is 5.15. The number of fused-ring (bicyclic) bond motifs is 3. The van der Waals surface area contributed by atoms with Crippen LogP contribution >= 0.6 is 0 Å². The summed E-state index contributed by atoms with van der Waals surface area (Å²) in [5.74, 6) is -0.224. The Bertz CT molecular complexity index is 1020. The second-order valence-corrected chi connectivity index (χ2v) is 7.19. The summed E-state index contributed by atoms with van der Waals surface area (Å²) in [4.78, 5) is 27.3. The lowest BCUT2D eigenvalue weighted by Crippen LogP contribution is -2.46. The maximum absolute atomic E-state index is 12.6. The molecule has 4 heterocycles. The first kappa shape index (κ1) is 18.5. The number of anilines is 1. The summed E-state index contributed by atoms with van der Waals surface area (Å²) in [7, 11) is 1.21. The number of hydrogen-bond donors (Lipinski definition) is 1. The number of nitrogens with one attached hydrogen (secondary N) is 1. The average molecular weight is 391 g/mol. The van der Waals surface area contributed by atoms with Gasteiger partial charge >= 0.3 is 6.18 Å². The molecule has 1 atom stereocenters. The summed E-state index contributed by atoms with van der Waals surface area (Å²) in [6, 6.07) is 3.81. The molecule has 1 amide bonds. The zero-order valence-electron chi connectivity index (χ0n) is 15.3. The number of alkyl halides is 3. The first-order chi connectivity index (χ1) is 13.3. The summed E-state index contributed by atoms with van der Waals surface area (Å²) >= 11 is 0. The summed E-state index contributed by atoms with van der Waals surface area (Å²) in [5, 5.41) is 2.80. The Kier molecular flexibility index (Phi) is 4.60. The van der Waals surface area contributed by atoms with Crippen LogP contribution < -0.4 is 4.90 Å². The zero-order chi connectivity index (χ0) is 19.9. The maximum Gasteiger partial charge on any atom is 0.406 e. The molecular weight excluding hydrogens is 371 g/mol. The topological polar surface area (TPSA) is 65.1 Å². The standard InChI is InChI=1S/C19H20F3N5O/c1-26(11-19(20,21)22)18(28)13-3-2-8-27(10-13)17-15-12(4-6-24-17)9-25-16-14(15)5-7-23-16/h4-7,9,13H,2-3,8,10-11H2,1H3,(H,23,25). The third-order valence-electron chi connectivity index (χ3n) is 5.15. The molecule has 0 aliphatic carbocycles. The molecular formula is C19H20F3N5O. The van der Waals surface area contributed by atoms with E-state index in [-0.39, 0.29) is 0 Å². The number of rotatable bonds is 3. The van der Waals surface area contributed by atoms with Crippen molar-refractivity contribution < 1.29 is 18.0 Å². The van der Waals surface area contributed by atoms with Gasteiger partial charge in [-0.2, -0.15) is 13.2 Å². The van der Waals surface area contributed by atoms with E-state index in [0.717, 1.165) is 38.9 Å². The van der Waals surface area contributed by atoms with Crippen molar-refractivity contribution in [3.05, 3.63) is 30.7 Å². The van der Waals surface area contributed by atoms with Crippen molar-refractivity contribution in [2.45, 2.75) is 19.0 Å². The highest BCUT2D eigenvalue weighted by molar-refractivity contribution is 6.10. The van der Waals surface area contributed by atoms with Crippen LogP contribution in [0, 0.1) is 5.92 Å². The van der Waals surface area contributed by atoms with Gasteiger partial charge in [0.05, 0.1) is 5.92 Å². The fourth-order valence-corrected chi connectivity index (χ4v) is 3.92. The first-order valence-electron chi connectivity index (χ1n) is 9.11. The van der Waals surface area contributed by atoms with Crippen LogP contribution in [0.25, 0.3) is 21.8 Å². The van der Waals surface area contributed by atoms with Gasteiger partial charge in [-0.3, -0.25) is 4.79 Å². The maximum atomic E-state index is 12.6. The van der Waals surface area contributed by atoms with Crippen molar-refractivity contribution in [1.29, 1.82) is 0 Å². The number of aromatic amines is 1. The smallest absolute Gasteiger partial charge is 0.355 e. The van der Waals surface area contributed by atoms with E-state index in [1.54, 1.807) is 12.4 Å². The van der Waals surface area contributed by atoms with Crippen LogP contribution in [-0.4, -0.2) is 58.6 Å². The highest BCUT2D eigenvalue weighted by Crippen LogP contribution is 2.33. The second kappa shape index (κ2) is 6.96. The molecule has 0 aromatic carbocycles. The van der Waals surface area contributed by atoms with Gasteiger partial charge in [-0.25, -0.2) is 9.97 Å². The SMILES string of the molecule is CN(CC(F)(F)F)C(=O)C1CCCN(c2nccc3cnc4[nH]ccc4c23)C1. The van der Waals surface area contributed by atoms with Crippen molar-refractivity contribution in [1.82, 2.24) is 19.9 Å². The Morgan fingerprint density at radius 2 is 2.18 bits per heavy atom. The minimum Gasteiger partial charge on any atom is -0.355 e. The normalized spacial score (nSPS) is 18.0. The van der Waals surface area contributed by atoms with Crippen LogP contribution in [0.4, 0.5) is 19.0 Å². The number of pyridine rings is 2. The molecule has 0 bridgehead atoms. The quantitative estimate of drug-likeness (QED) is 0.744. The van der Waals surface area contributed by atoms with E-state index in [0.29, 0.717) is 19.5 Å². The van der Waals surface area contributed by atoms with E-state index in [1.165, 1.54) is 7.05 Å². The van der Waals surface area contributed by atoms with Crippen molar-refractivity contribution in [3.63, 3.8) is 0 Å². The summed E-state index contributed by atoms with van der Waals surface area (Å²) in [5.41, 5.74) is 0.747. The molecule has 148 valence electrons. The van der Waals surface area contributed by atoms with Gasteiger partial charge in [0.2, 0.25) is 5.91 Å². The largest absolute Gasteiger partial charge is 0.406 e. The number of halogens is 3. The van der Waals surface area contributed by atoms with Gasteiger partial charge < -0.3 is 14.8 Å². The first-order valence-corrected chi connectivity index (χ1v) is 9.11. The molecule has 1 N–H and O–H groups in total. The Balaban J connectivity index is 1.63. The summed E-state index contributed by atoms with van der Waals surface area (Å²) < 4.78 is 37.9. The third kappa shape index (κ3) is 3.48. The lowest BCUT2D eigenvalue weighted by atomic mass is 9.96. The van der Waals surface area contributed by atoms with Gasteiger partial charge in [-0.05, 0) is 25.0 Å². The van der Waals surface area contributed by atoms with E-state index in [9.17, 15) is 18.0 Å². The zero-order valence-corrected chi connectivity index (χ0v) is 15.3. The van der Waals surface area contributed by atoms with Crippen LogP contribution in [0.2, 0.25) is 0 Å². The van der Waals surface area contributed by atoms with Crippen LogP contribution in [0.5, 0.6) is 0 Å². The van der Waals surface area contributed by atoms with Crippen LogP contribution in [0.15, 0.2) is 30.7 Å². The fraction of sp³-hybridized carbons (Fsp3) is 0.421. The lowest BCUT2D eigenvalue weighted by molar-refractivity contribution is -0.161. The van der Waals surface area contributed by atoms with Gasteiger partial charge in [-0.15, -0.1) is 0 Å². The number of H-pyrrole nitrogens is 1. The van der Waals surface area contributed by atoms with Crippen molar-refractivity contribution >= 4 is 33.5 Å². The minimum atomic E-state index is -4.40. The Morgan fingerprint density at radius 3 is 2.96 bits per heavy atom. The number of carbonyl (C=O) groups excluding carboxylic acids is 1. The number of piperidine rings is 1. The molecule has 4 rings (SSSR count). The highest BCUT2D eigenvalue weighted by Gasteiger charge is 2.35. The van der Waals surface area contributed by atoms with E-state index >= 15 is 0 Å². The van der Waals surface area contributed by atoms with Crippen molar-refractivity contribution in [2.24, 2.45) is 5.92 Å². The fourth-order valence-electron chi connectivity index (χ4n) is 3.92.